The van der Waals surface area contributed by atoms with Crippen LogP contribution in [0, 0.1) is 0 Å². The van der Waals surface area contributed by atoms with Crippen molar-refractivity contribution in [1.82, 2.24) is 20.2 Å². The summed E-state index contributed by atoms with van der Waals surface area (Å²) in [6.45, 7) is 1.89. The van der Waals surface area contributed by atoms with E-state index in [0.29, 0.717) is 6.04 Å². The van der Waals surface area contributed by atoms with Crippen molar-refractivity contribution in [3.63, 3.8) is 0 Å². The molecule has 1 aliphatic carbocycles. The van der Waals surface area contributed by atoms with E-state index in [2.05, 4.69) is 15.5 Å². The Balaban J connectivity index is 1.72. The van der Waals surface area contributed by atoms with Gasteiger partial charge in [-0.1, -0.05) is 42.1 Å². The van der Waals surface area contributed by atoms with Gasteiger partial charge in [-0.2, -0.15) is 0 Å². The summed E-state index contributed by atoms with van der Waals surface area (Å²) in [5, 5.41) is 12.2. The van der Waals surface area contributed by atoms with Gasteiger partial charge in [-0.05, 0) is 30.2 Å². The number of hydrogen-bond donors (Lipinski definition) is 0. The Labute approximate surface area is 115 Å². The molecule has 3 rings (SSSR count). The second-order valence-corrected chi connectivity index (χ2v) is 5.94. The Kier molecular flexibility index (Phi) is 3.33. The highest BCUT2D eigenvalue weighted by Gasteiger charge is 2.29. The van der Waals surface area contributed by atoms with Crippen molar-refractivity contribution in [2.45, 2.75) is 36.2 Å². The summed E-state index contributed by atoms with van der Waals surface area (Å²) >= 11 is 1.43. The molecule has 1 fully saturated rings. The number of thioether (sulfide) groups is 1. The molecule has 0 spiro atoms. The molecule has 98 valence electrons. The second kappa shape index (κ2) is 5.13. The van der Waals surface area contributed by atoms with E-state index in [1.807, 2.05) is 41.9 Å². The third-order valence-electron chi connectivity index (χ3n) is 3.07. The van der Waals surface area contributed by atoms with Gasteiger partial charge < -0.3 is 0 Å². The molecule has 5 nitrogen and oxygen atoms in total. The molecule has 1 heterocycles. The monoisotopic (exact) mass is 274 g/mol. The Morgan fingerprint density at radius 1 is 1.37 bits per heavy atom. The van der Waals surface area contributed by atoms with Gasteiger partial charge >= 0.3 is 0 Å². The van der Waals surface area contributed by atoms with Crippen LogP contribution in [0.15, 0.2) is 35.5 Å². The lowest BCUT2D eigenvalue weighted by atomic mass is 10.1. The molecule has 0 N–H and O–H groups in total. The zero-order chi connectivity index (χ0) is 13.2. The number of tetrazole rings is 1. The van der Waals surface area contributed by atoms with Gasteiger partial charge in [-0.15, -0.1) is 5.10 Å². The molecule has 0 bridgehead atoms. The van der Waals surface area contributed by atoms with E-state index in [1.165, 1.54) is 11.8 Å². The Hall–Kier alpha value is -1.69. The molecule has 1 aromatic carbocycles. The lowest BCUT2D eigenvalue weighted by Crippen LogP contribution is -2.14. The molecule has 0 amide bonds. The molecule has 1 unspecified atom stereocenters. The average Bonchev–Trinajstić information content (AvgIpc) is 3.19. The predicted molar refractivity (Wildman–Crippen MR) is 72.2 cm³/mol. The molecule has 0 radical (unpaired) electrons. The first-order valence-corrected chi connectivity index (χ1v) is 7.17. The van der Waals surface area contributed by atoms with Crippen molar-refractivity contribution in [2.75, 3.05) is 0 Å². The van der Waals surface area contributed by atoms with Crippen LogP contribution in [0.1, 0.15) is 36.2 Å². The summed E-state index contributed by atoms with van der Waals surface area (Å²) in [5.74, 6) is 0.107. The number of benzene rings is 1. The van der Waals surface area contributed by atoms with Crippen molar-refractivity contribution in [1.29, 1.82) is 0 Å². The number of nitrogens with zero attached hydrogens (tertiary/aromatic N) is 4. The molecule has 19 heavy (non-hydrogen) atoms. The van der Waals surface area contributed by atoms with Gasteiger partial charge in [-0.25, -0.2) is 4.68 Å². The predicted octanol–water partition coefficient (Wildman–Crippen LogP) is 2.37. The van der Waals surface area contributed by atoms with Crippen molar-refractivity contribution < 1.29 is 4.79 Å². The quantitative estimate of drug-likeness (QED) is 0.619. The van der Waals surface area contributed by atoms with Crippen LogP contribution in [0.5, 0.6) is 0 Å². The molecule has 1 saturated carbocycles. The normalized spacial score (nSPS) is 16.3. The lowest BCUT2D eigenvalue weighted by molar-refractivity contribution is 0.0994. The minimum atomic E-state index is -0.189. The SMILES string of the molecule is CC(Sc1nnnn1C1CC1)C(=O)c1ccccc1. The van der Waals surface area contributed by atoms with Crippen LogP contribution in [0.3, 0.4) is 0 Å². The smallest absolute Gasteiger partial charge is 0.210 e. The standard InChI is InChI=1S/C13H14N4OS/c1-9(12(18)10-5-3-2-4-6-10)19-13-14-15-16-17(13)11-7-8-11/h2-6,9,11H,7-8H2,1H3. The van der Waals surface area contributed by atoms with Gasteiger partial charge in [0.2, 0.25) is 5.16 Å². The van der Waals surface area contributed by atoms with Crippen LogP contribution >= 0.6 is 11.8 Å². The average molecular weight is 274 g/mol. The number of Topliss-reactive ketones (excluding diaryl/α,β-unsaturated/α-hetero) is 1. The van der Waals surface area contributed by atoms with Crippen LogP contribution in [-0.2, 0) is 0 Å². The van der Waals surface area contributed by atoms with Gasteiger partial charge in [0.1, 0.15) is 0 Å². The third-order valence-corrected chi connectivity index (χ3v) is 4.11. The highest BCUT2D eigenvalue weighted by Crippen LogP contribution is 2.37. The van der Waals surface area contributed by atoms with E-state index in [9.17, 15) is 4.79 Å². The molecular formula is C13H14N4OS. The molecule has 1 aromatic heterocycles. The van der Waals surface area contributed by atoms with Gasteiger partial charge in [-0.3, -0.25) is 4.79 Å². The van der Waals surface area contributed by atoms with E-state index in [1.54, 1.807) is 0 Å². The van der Waals surface area contributed by atoms with Gasteiger partial charge in [0.05, 0.1) is 11.3 Å². The lowest BCUT2D eigenvalue weighted by Gasteiger charge is -2.09. The minimum absolute atomic E-state index is 0.107. The van der Waals surface area contributed by atoms with Gasteiger partial charge in [0, 0.05) is 5.56 Å². The van der Waals surface area contributed by atoms with E-state index < -0.39 is 0 Å². The van der Waals surface area contributed by atoms with Gasteiger partial charge in [0.15, 0.2) is 5.78 Å². The zero-order valence-electron chi connectivity index (χ0n) is 10.6. The summed E-state index contributed by atoms with van der Waals surface area (Å²) in [6.07, 6.45) is 2.25. The number of rotatable bonds is 5. The second-order valence-electron chi connectivity index (χ2n) is 4.63. The highest BCUT2D eigenvalue weighted by molar-refractivity contribution is 8.00. The first-order valence-electron chi connectivity index (χ1n) is 6.29. The molecule has 1 aliphatic rings. The van der Waals surface area contributed by atoms with Crippen LogP contribution in [0.2, 0.25) is 0 Å². The Bertz CT molecular complexity index is 579. The Morgan fingerprint density at radius 3 is 2.79 bits per heavy atom. The van der Waals surface area contributed by atoms with Crippen LogP contribution in [0.25, 0.3) is 0 Å². The van der Waals surface area contributed by atoms with Crippen LogP contribution in [-0.4, -0.2) is 31.2 Å². The molecule has 2 aromatic rings. The van der Waals surface area contributed by atoms with E-state index in [4.69, 9.17) is 0 Å². The third kappa shape index (κ3) is 2.68. The minimum Gasteiger partial charge on any atom is -0.293 e. The molecule has 1 atom stereocenters. The van der Waals surface area contributed by atoms with Crippen molar-refractivity contribution in [3.8, 4) is 0 Å². The summed E-state index contributed by atoms with van der Waals surface area (Å²) in [5.41, 5.74) is 0.730. The number of ketones is 1. The maximum absolute atomic E-state index is 12.3. The maximum atomic E-state index is 12.3. The fraction of sp³-hybridized carbons (Fsp3) is 0.385. The number of aromatic nitrogens is 4. The van der Waals surface area contributed by atoms with E-state index >= 15 is 0 Å². The summed E-state index contributed by atoms with van der Waals surface area (Å²) < 4.78 is 1.83. The number of carbonyl (C=O) groups is 1. The van der Waals surface area contributed by atoms with Crippen molar-refractivity contribution in [3.05, 3.63) is 35.9 Å². The topological polar surface area (TPSA) is 60.7 Å². The Morgan fingerprint density at radius 2 is 2.11 bits per heavy atom. The fourth-order valence-electron chi connectivity index (χ4n) is 1.86. The number of carbonyl (C=O) groups excluding carboxylic acids is 1. The van der Waals surface area contributed by atoms with Gasteiger partial charge in [0.25, 0.3) is 0 Å². The zero-order valence-corrected chi connectivity index (χ0v) is 11.4. The van der Waals surface area contributed by atoms with E-state index in [-0.39, 0.29) is 11.0 Å². The highest BCUT2D eigenvalue weighted by atomic mass is 32.2. The molecule has 0 saturated heterocycles. The first-order chi connectivity index (χ1) is 9.25. The van der Waals surface area contributed by atoms with Crippen molar-refractivity contribution >= 4 is 17.5 Å². The molecule has 6 heteroatoms. The maximum Gasteiger partial charge on any atom is 0.210 e. The van der Waals surface area contributed by atoms with Crippen molar-refractivity contribution in [2.24, 2.45) is 0 Å². The largest absolute Gasteiger partial charge is 0.293 e. The number of hydrogen-bond acceptors (Lipinski definition) is 5. The van der Waals surface area contributed by atoms with E-state index in [0.717, 1.165) is 23.6 Å². The summed E-state index contributed by atoms with van der Waals surface area (Å²) in [7, 11) is 0. The summed E-state index contributed by atoms with van der Waals surface area (Å²) in [4.78, 5) is 12.3. The fourth-order valence-corrected chi connectivity index (χ4v) is 2.80. The van der Waals surface area contributed by atoms with Crippen LogP contribution < -0.4 is 0 Å². The first kappa shape index (κ1) is 12.3. The molecule has 0 aliphatic heterocycles. The van der Waals surface area contributed by atoms with Crippen LogP contribution in [0.4, 0.5) is 0 Å². The molecular weight excluding hydrogens is 260 g/mol. The summed E-state index contributed by atoms with van der Waals surface area (Å²) in [6, 6.07) is 9.75.